The number of esters is 1. The third-order valence-electron chi connectivity index (χ3n) is 3.01. The standard InChI is InChI=1S/C15H13F3N2O5/c16-15(17,18)10-3-4-13(22)20(7-10)8-14(23)25-9-12(21)19-6-11-2-1-5-24-11/h1-5,7H,6,8-9H2,(H,19,21). The summed E-state index contributed by atoms with van der Waals surface area (Å²) in [7, 11) is 0. The summed E-state index contributed by atoms with van der Waals surface area (Å²) < 4.78 is 48.0. The number of nitrogens with one attached hydrogen (secondary N) is 1. The van der Waals surface area contributed by atoms with Gasteiger partial charge in [-0.15, -0.1) is 0 Å². The van der Waals surface area contributed by atoms with E-state index in [0.717, 1.165) is 0 Å². The molecule has 0 saturated carbocycles. The van der Waals surface area contributed by atoms with Gasteiger partial charge in [-0.05, 0) is 18.2 Å². The van der Waals surface area contributed by atoms with E-state index >= 15 is 0 Å². The van der Waals surface area contributed by atoms with Gasteiger partial charge in [0, 0.05) is 12.3 Å². The summed E-state index contributed by atoms with van der Waals surface area (Å²) in [5, 5.41) is 2.42. The Kier molecular flexibility index (Phi) is 5.63. The van der Waals surface area contributed by atoms with Gasteiger partial charge in [-0.2, -0.15) is 13.2 Å². The summed E-state index contributed by atoms with van der Waals surface area (Å²) in [6, 6.07) is 4.58. The molecular weight excluding hydrogens is 345 g/mol. The number of amides is 1. The maximum Gasteiger partial charge on any atom is 0.417 e. The normalized spacial score (nSPS) is 11.2. The molecule has 0 aliphatic carbocycles. The molecule has 134 valence electrons. The third-order valence-corrected chi connectivity index (χ3v) is 3.01. The van der Waals surface area contributed by atoms with Crippen molar-refractivity contribution in [2.45, 2.75) is 19.3 Å². The predicted octanol–water partition coefficient (Wildman–Crippen LogP) is 1.32. The minimum atomic E-state index is -4.65. The molecule has 7 nitrogen and oxygen atoms in total. The van der Waals surface area contributed by atoms with Crippen molar-refractivity contribution in [3.05, 3.63) is 58.4 Å². The molecule has 0 aromatic carbocycles. The Labute approximate surface area is 139 Å². The average molecular weight is 358 g/mol. The fourth-order valence-corrected chi connectivity index (χ4v) is 1.80. The van der Waals surface area contributed by atoms with Gasteiger partial charge in [0.25, 0.3) is 11.5 Å². The lowest BCUT2D eigenvalue weighted by atomic mass is 10.3. The van der Waals surface area contributed by atoms with Crippen LogP contribution >= 0.6 is 0 Å². The Bertz CT molecular complexity index is 796. The Hall–Kier alpha value is -3.04. The van der Waals surface area contributed by atoms with E-state index in [-0.39, 0.29) is 6.54 Å². The Morgan fingerprint density at radius 1 is 1.24 bits per heavy atom. The van der Waals surface area contributed by atoms with Gasteiger partial charge >= 0.3 is 12.1 Å². The van der Waals surface area contributed by atoms with Crippen LogP contribution in [0.15, 0.2) is 45.9 Å². The van der Waals surface area contributed by atoms with E-state index < -0.39 is 42.3 Å². The largest absolute Gasteiger partial charge is 0.467 e. The molecule has 0 bridgehead atoms. The van der Waals surface area contributed by atoms with Crippen molar-refractivity contribution in [3.8, 4) is 0 Å². The summed E-state index contributed by atoms with van der Waals surface area (Å²) in [4.78, 5) is 34.6. The van der Waals surface area contributed by atoms with Crippen molar-refractivity contribution < 1.29 is 31.9 Å². The van der Waals surface area contributed by atoms with Gasteiger partial charge in [0.15, 0.2) is 6.61 Å². The molecule has 2 aromatic heterocycles. The van der Waals surface area contributed by atoms with Crippen molar-refractivity contribution in [1.29, 1.82) is 0 Å². The molecule has 2 aromatic rings. The van der Waals surface area contributed by atoms with Gasteiger partial charge in [-0.1, -0.05) is 0 Å². The summed E-state index contributed by atoms with van der Waals surface area (Å²) in [5.74, 6) is -1.15. The highest BCUT2D eigenvalue weighted by atomic mass is 19.4. The van der Waals surface area contributed by atoms with Gasteiger partial charge in [0.1, 0.15) is 12.3 Å². The van der Waals surface area contributed by atoms with Gasteiger partial charge in [-0.3, -0.25) is 14.4 Å². The first kappa shape index (κ1) is 18.3. The fourth-order valence-electron chi connectivity index (χ4n) is 1.80. The lowest BCUT2D eigenvalue weighted by Crippen LogP contribution is -2.31. The molecule has 0 fully saturated rings. The van der Waals surface area contributed by atoms with E-state index in [9.17, 15) is 27.6 Å². The Morgan fingerprint density at radius 2 is 2.00 bits per heavy atom. The number of furan rings is 1. The van der Waals surface area contributed by atoms with Crippen LogP contribution in [0.5, 0.6) is 0 Å². The zero-order chi connectivity index (χ0) is 18.4. The Balaban J connectivity index is 1.85. The quantitative estimate of drug-likeness (QED) is 0.787. The number of nitrogens with zero attached hydrogens (tertiary/aromatic N) is 1. The van der Waals surface area contributed by atoms with Crippen LogP contribution < -0.4 is 10.9 Å². The van der Waals surface area contributed by atoms with E-state index in [4.69, 9.17) is 4.42 Å². The highest BCUT2D eigenvalue weighted by Crippen LogP contribution is 2.27. The SMILES string of the molecule is O=C(COC(=O)Cn1cc(C(F)(F)F)ccc1=O)NCc1ccco1. The second kappa shape index (κ2) is 7.69. The number of ether oxygens (including phenoxy) is 1. The first-order valence-electron chi connectivity index (χ1n) is 6.98. The molecule has 2 rings (SSSR count). The molecular formula is C15H13F3N2O5. The smallest absolute Gasteiger partial charge is 0.417 e. The van der Waals surface area contributed by atoms with E-state index in [1.165, 1.54) is 6.26 Å². The number of carbonyl (C=O) groups excluding carboxylic acids is 2. The first-order chi connectivity index (χ1) is 11.8. The number of pyridine rings is 1. The highest BCUT2D eigenvalue weighted by Gasteiger charge is 2.31. The summed E-state index contributed by atoms with van der Waals surface area (Å²) in [6.07, 6.45) is -2.71. The van der Waals surface area contributed by atoms with E-state index in [1.54, 1.807) is 12.1 Å². The molecule has 0 unspecified atom stereocenters. The third kappa shape index (κ3) is 5.52. The number of hydrogen-bond acceptors (Lipinski definition) is 5. The van der Waals surface area contributed by atoms with Crippen molar-refractivity contribution in [3.63, 3.8) is 0 Å². The van der Waals surface area contributed by atoms with Crippen LogP contribution in [0.25, 0.3) is 0 Å². The Morgan fingerprint density at radius 3 is 2.64 bits per heavy atom. The van der Waals surface area contributed by atoms with E-state index in [2.05, 4.69) is 10.1 Å². The summed E-state index contributed by atoms with van der Waals surface area (Å²) in [5.41, 5.74) is -1.87. The minimum Gasteiger partial charge on any atom is -0.467 e. The van der Waals surface area contributed by atoms with Crippen LogP contribution in [0.3, 0.4) is 0 Å². The van der Waals surface area contributed by atoms with Gasteiger partial charge in [0.2, 0.25) is 0 Å². The van der Waals surface area contributed by atoms with E-state index in [1.807, 2.05) is 0 Å². The molecule has 0 radical (unpaired) electrons. The van der Waals surface area contributed by atoms with Crippen molar-refractivity contribution in [2.75, 3.05) is 6.61 Å². The molecule has 2 heterocycles. The molecule has 1 N–H and O–H groups in total. The highest BCUT2D eigenvalue weighted by molar-refractivity contribution is 5.80. The van der Waals surface area contributed by atoms with Crippen LogP contribution in [-0.4, -0.2) is 23.1 Å². The minimum absolute atomic E-state index is 0.0937. The van der Waals surface area contributed by atoms with Gasteiger partial charge in [0.05, 0.1) is 18.4 Å². The number of halogens is 3. The fraction of sp³-hybridized carbons (Fsp3) is 0.267. The maximum atomic E-state index is 12.6. The summed E-state index contributed by atoms with van der Waals surface area (Å²) in [6.45, 7) is -1.28. The van der Waals surface area contributed by atoms with Gasteiger partial charge < -0.3 is 19.0 Å². The monoisotopic (exact) mass is 358 g/mol. The number of alkyl halides is 3. The van der Waals surface area contributed by atoms with Crippen LogP contribution in [0.1, 0.15) is 11.3 Å². The lowest BCUT2D eigenvalue weighted by Gasteiger charge is -2.10. The van der Waals surface area contributed by atoms with Gasteiger partial charge in [-0.25, -0.2) is 0 Å². The van der Waals surface area contributed by atoms with Crippen molar-refractivity contribution >= 4 is 11.9 Å². The molecule has 1 amide bonds. The number of carbonyl (C=O) groups is 2. The second-order valence-corrected chi connectivity index (χ2v) is 4.90. The zero-order valence-corrected chi connectivity index (χ0v) is 12.7. The average Bonchev–Trinajstić information content (AvgIpc) is 3.05. The molecule has 10 heteroatoms. The molecule has 0 spiro atoms. The second-order valence-electron chi connectivity index (χ2n) is 4.90. The maximum absolute atomic E-state index is 12.6. The van der Waals surface area contributed by atoms with E-state index in [0.29, 0.717) is 28.7 Å². The lowest BCUT2D eigenvalue weighted by molar-refractivity contribution is -0.149. The predicted molar refractivity (Wildman–Crippen MR) is 77.2 cm³/mol. The van der Waals surface area contributed by atoms with Crippen LogP contribution in [0.2, 0.25) is 0 Å². The van der Waals surface area contributed by atoms with Crippen LogP contribution in [0.4, 0.5) is 13.2 Å². The molecule has 25 heavy (non-hydrogen) atoms. The molecule has 0 aliphatic heterocycles. The molecule has 0 atom stereocenters. The number of aromatic nitrogens is 1. The van der Waals surface area contributed by atoms with Crippen LogP contribution in [0, 0.1) is 0 Å². The summed E-state index contributed by atoms with van der Waals surface area (Å²) >= 11 is 0. The zero-order valence-electron chi connectivity index (χ0n) is 12.7. The topological polar surface area (TPSA) is 90.5 Å². The van der Waals surface area contributed by atoms with Crippen molar-refractivity contribution in [2.24, 2.45) is 0 Å². The number of rotatable bonds is 6. The van der Waals surface area contributed by atoms with Crippen molar-refractivity contribution in [1.82, 2.24) is 9.88 Å². The number of hydrogen-bond donors (Lipinski definition) is 1. The molecule has 0 saturated heterocycles. The van der Waals surface area contributed by atoms with Crippen LogP contribution in [-0.2, 0) is 33.6 Å². The first-order valence-corrected chi connectivity index (χ1v) is 6.98. The molecule has 0 aliphatic rings.